The number of tetrazole rings is 1. The molecule has 0 aliphatic rings. The number of rotatable bonds is 6. The molecule has 33 heavy (non-hydrogen) atoms. The number of aromatic amines is 1. The first kappa shape index (κ1) is 19.6. The molecule has 3 aromatic heterocycles. The smallest absolute Gasteiger partial charge is 0.204 e. The van der Waals surface area contributed by atoms with E-state index in [2.05, 4.69) is 85.2 Å². The van der Waals surface area contributed by atoms with E-state index in [-0.39, 0.29) is 0 Å². The van der Waals surface area contributed by atoms with E-state index in [1.165, 1.54) is 21.8 Å². The zero-order valence-electron chi connectivity index (χ0n) is 18.5. The molecule has 3 aromatic carbocycles. The van der Waals surface area contributed by atoms with Gasteiger partial charge >= 0.3 is 0 Å². The largest absolute Gasteiger partial charge is 0.383 e. The average Bonchev–Trinajstić information content (AvgIpc) is 3.58. The summed E-state index contributed by atoms with van der Waals surface area (Å²) >= 11 is 0. The number of nitrogens with one attached hydrogen (secondary N) is 1. The van der Waals surface area contributed by atoms with E-state index in [1.54, 1.807) is 7.11 Å². The molecule has 0 atom stereocenters. The minimum absolute atomic E-state index is 0.554. The molecule has 0 aliphatic heterocycles. The van der Waals surface area contributed by atoms with Crippen LogP contribution in [0.5, 0.6) is 0 Å². The predicted molar refractivity (Wildman–Crippen MR) is 129 cm³/mol. The number of aromatic nitrogens is 7. The van der Waals surface area contributed by atoms with Crippen LogP contribution < -0.4 is 0 Å². The summed E-state index contributed by atoms with van der Waals surface area (Å²) in [6, 6.07) is 21.3. The first-order valence-electron chi connectivity index (χ1n) is 11.0. The Kier molecular flexibility index (Phi) is 4.66. The lowest BCUT2D eigenvalue weighted by atomic mass is 10.1. The van der Waals surface area contributed by atoms with Crippen LogP contribution in [0.1, 0.15) is 6.92 Å². The Hall–Kier alpha value is -4.04. The molecule has 0 spiro atoms. The number of para-hydroxylation sites is 1. The molecule has 0 amide bonds. The van der Waals surface area contributed by atoms with Gasteiger partial charge in [0.25, 0.3) is 0 Å². The van der Waals surface area contributed by atoms with Crippen molar-refractivity contribution >= 4 is 32.8 Å². The molecule has 1 N–H and O–H groups in total. The number of aryl methyl sites for hydroxylation is 1. The van der Waals surface area contributed by atoms with Gasteiger partial charge in [-0.05, 0) is 54.6 Å². The first-order valence-corrected chi connectivity index (χ1v) is 11.0. The van der Waals surface area contributed by atoms with Gasteiger partial charge in [-0.25, -0.2) is 4.98 Å². The lowest BCUT2D eigenvalue weighted by Crippen LogP contribution is -2.06. The number of benzene rings is 3. The number of H-pyrrole nitrogens is 1. The molecule has 6 rings (SSSR count). The zero-order chi connectivity index (χ0) is 22.4. The molecule has 0 aliphatic carbocycles. The molecule has 164 valence electrons. The van der Waals surface area contributed by atoms with Gasteiger partial charge in [0.05, 0.1) is 17.6 Å². The SMILES string of the molecule is CCn1c2ccccc2c2cc(-c3nc4cc(-c5nn[nH]n5)ccc4n3CCOC)ccc21. The van der Waals surface area contributed by atoms with Crippen LogP contribution in [0.15, 0.2) is 60.7 Å². The second-order valence-corrected chi connectivity index (χ2v) is 8.01. The lowest BCUT2D eigenvalue weighted by Gasteiger charge is -2.09. The molecule has 0 radical (unpaired) electrons. The maximum absolute atomic E-state index is 5.40. The summed E-state index contributed by atoms with van der Waals surface area (Å²) in [5.41, 5.74) is 6.38. The normalized spacial score (nSPS) is 11.8. The number of methoxy groups -OCH3 is 1. The average molecular weight is 438 g/mol. The fourth-order valence-corrected chi connectivity index (χ4v) is 4.72. The van der Waals surface area contributed by atoms with Crippen LogP contribution in [0, 0.1) is 0 Å². The van der Waals surface area contributed by atoms with E-state index in [9.17, 15) is 0 Å². The monoisotopic (exact) mass is 437 g/mol. The van der Waals surface area contributed by atoms with Crippen LogP contribution in [-0.4, -0.2) is 48.5 Å². The summed E-state index contributed by atoms with van der Waals surface area (Å²) in [5.74, 6) is 1.47. The Morgan fingerprint density at radius 1 is 0.879 bits per heavy atom. The fourth-order valence-electron chi connectivity index (χ4n) is 4.72. The van der Waals surface area contributed by atoms with E-state index < -0.39 is 0 Å². The second kappa shape index (κ2) is 7.83. The Balaban J connectivity index is 1.57. The zero-order valence-corrected chi connectivity index (χ0v) is 18.5. The summed E-state index contributed by atoms with van der Waals surface area (Å²) in [7, 11) is 1.72. The molecule has 0 saturated carbocycles. The quantitative estimate of drug-likeness (QED) is 0.410. The van der Waals surface area contributed by atoms with Crippen LogP contribution in [-0.2, 0) is 17.8 Å². The highest BCUT2D eigenvalue weighted by Crippen LogP contribution is 2.34. The maximum Gasteiger partial charge on any atom is 0.204 e. The van der Waals surface area contributed by atoms with Gasteiger partial charge in [0.15, 0.2) is 0 Å². The third kappa shape index (κ3) is 3.10. The van der Waals surface area contributed by atoms with Crippen LogP contribution in [0.2, 0.25) is 0 Å². The number of hydrogen-bond donors (Lipinski definition) is 1. The van der Waals surface area contributed by atoms with Crippen molar-refractivity contribution < 1.29 is 4.74 Å². The molecule has 0 saturated heterocycles. The molecule has 3 heterocycles. The second-order valence-electron chi connectivity index (χ2n) is 8.01. The van der Waals surface area contributed by atoms with E-state index >= 15 is 0 Å². The molecular weight excluding hydrogens is 414 g/mol. The van der Waals surface area contributed by atoms with Crippen molar-refractivity contribution in [2.75, 3.05) is 13.7 Å². The van der Waals surface area contributed by atoms with Gasteiger partial charge in [-0.1, -0.05) is 18.2 Å². The van der Waals surface area contributed by atoms with Crippen LogP contribution in [0.4, 0.5) is 0 Å². The van der Waals surface area contributed by atoms with Gasteiger partial charge in [0, 0.05) is 53.1 Å². The van der Waals surface area contributed by atoms with Crippen molar-refractivity contribution in [3.63, 3.8) is 0 Å². The third-order valence-corrected chi connectivity index (χ3v) is 6.22. The van der Waals surface area contributed by atoms with Crippen LogP contribution in [0.3, 0.4) is 0 Å². The van der Waals surface area contributed by atoms with Gasteiger partial charge < -0.3 is 13.9 Å². The minimum atomic E-state index is 0.554. The maximum atomic E-state index is 5.40. The van der Waals surface area contributed by atoms with E-state index in [4.69, 9.17) is 9.72 Å². The number of nitrogens with zero attached hydrogens (tertiary/aromatic N) is 6. The topological polar surface area (TPSA) is 86.4 Å². The van der Waals surface area contributed by atoms with E-state index in [0.29, 0.717) is 19.0 Å². The number of ether oxygens (including phenoxy) is 1. The molecule has 8 nitrogen and oxygen atoms in total. The third-order valence-electron chi connectivity index (χ3n) is 6.22. The summed E-state index contributed by atoms with van der Waals surface area (Å²) in [5, 5.41) is 16.9. The molecule has 0 bridgehead atoms. The Morgan fingerprint density at radius 2 is 1.70 bits per heavy atom. The summed E-state index contributed by atoms with van der Waals surface area (Å²) in [4.78, 5) is 5.03. The van der Waals surface area contributed by atoms with Crippen LogP contribution >= 0.6 is 0 Å². The molecular formula is C25H23N7O. The van der Waals surface area contributed by atoms with Crippen molar-refractivity contribution in [1.82, 2.24) is 34.7 Å². The molecule has 0 fully saturated rings. The van der Waals surface area contributed by atoms with Gasteiger partial charge in [-0.15, -0.1) is 10.2 Å². The summed E-state index contributed by atoms with van der Waals surface area (Å²) < 4.78 is 9.98. The van der Waals surface area contributed by atoms with Gasteiger partial charge in [-0.3, -0.25) is 0 Å². The fraction of sp³-hybridized carbons (Fsp3) is 0.200. The number of imidazole rings is 1. The lowest BCUT2D eigenvalue weighted by molar-refractivity contribution is 0.188. The summed E-state index contributed by atoms with van der Waals surface area (Å²) in [6.45, 7) is 4.42. The highest BCUT2D eigenvalue weighted by atomic mass is 16.5. The van der Waals surface area contributed by atoms with E-state index in [1.807, 2.05) is 12.1 Å². The Bertz CT molecular complexity index is 1590. The number of fused-ring (bicyclic) bond motifs is 4. The van der Waals surface area contributed by atoms with Crippen molar-refractivity contribution in [3.05, 3.63) is 60.7 Å². The van der Waals surface area contributed by atoms with E-state index in [0.717, 1.165) is 34.5 Å². The minimum Gasteiger partial charge on any atom is -0.383 e. The molecule has 8 heteroatoms. The number of hydrogen-bond acceptors (Lipinski definition) is 5. The van der Waals surface area contributed by atoms with Gasteiger partial charge in [0.2, 0.25) is 5.82 Å². The Labute approximate surface area is 189 Å². The Morgan fingerprint density at radius 3 is 2.52 bits per heavy atom. The standard InChI is InChI=1S/C25H23N7O/c1-3-31-21-7-5-4-6-18(21)19-14-17(9-10-22(19)31)25-26-20-15-16(24-27-29-30-28-24)8-11-23(20)32(25)12-13-33-2/h4-11,14-15H,3,12-13H2,1-2H3,(H,27,28,29,30). The van der Waals surface area contributed by atoms with Gasteiger partial charge in [0.1, 0.15) is 5.82 Å². The van der Waals surface area contributed by atoms with Gasteiger partial charge in [-0.2, -0.15) is 5.21 Å². The molecule has 6 aromatic rings. The van der Waals surface area contributed by atoms with Crippen molar-refractivity contribution in [1.29, 1.82) is 0 Å². The van der Waals surface area contributed by atoms with Crippen molar-refractivity contribution in [2.24, 2.45) is 0 Å². The predicted octanol–water partition coefficient (Wildman–Crippen LogP) is 4.66. The highest BCUT2D eigenvalue weighted by molar-refractivity contribution is 6.09. The summed E-state index contributed by atoms with van der Waals surface area (Å²) in [6.07, 6.45) is 0. The van der Waals surface area contributed by atoms with Crippen molar-refractivity contribution in [3.8, 4) is 22.8 Å². The highest BCUT2D eigenvalue weighted by Gasteiger charge is 2.17. The first-order chi connectivity index (χ1) is 16.3. The van der Waals surface area contributed by atoms with Crippen LogP contribution in [0.25, 0.3) is 55.6 Å². The molecule has 0 unspecified atom stereocenters. The van der Waals surface area contributed by atoms with Crippen molar-refractivity contribution in [2.45, 2.75) is 20.0 Å².